The van der Waals surface area contributed by atoms with Gasteiger partial charge in [0, 0.05) is 7.11 Å². The summed E-state index contributed by atoms with van der Waals surface area (Å²) < 4.78 is 46.6. The molecule has 2 fully saturated rings. The molecule has 9 atom stereocenters. The first-order valence-corrected chi connectivity index (χ1v) is 15.6. The molecule has 0 bridgehead atoms. The molecule has 2 aliphatic heterocycles. The Labute approximate surface area is 251 Å². The lowest BCUT2D eigenvalue weighted by atomic mass is 9.98. The summed E-state index contributed by atoms with van der Waals surface area (Å²) in [4.78, 5) is 45.9. The van der Waals surface area contributed by atoms with E-state index in [1.807, 2.05) is 0 Å². The molecule has 2 aliphatic rings. The molecule has 22 heteroatoms. The number of hydrogen-bond acceptors (Lipinski definition) is 16. The zero-order valence-electron chi connectivity index (χ0n) is 23.0. The van der Waals surface area contributed by atoms with Gasteiger partial charge in [-0.05, 0) is 18.7 Å². The maximum absolute atomic E-state index is 15.5. The number of nitrogens with two attached hydrogens (primary N) is 2. The van der Waals surface area contributed by atoms with Crippen molar-refractivity contribution >= 4 is 52.6 Å². The van der Waals surface area contributed by atoms with Crippen molar-refractivity contribution in [2.45, 2.75) is 55.6 Å². The fourth-order valence-corrected chi connectivity index (χ4v) is 6.72. The monoisotopic (exact) mass is 658 g/mol. The van der Waals surface area contributed by atoms with E-state index in [4.69, 9.17) is 46.5 Å². The SMILES string of the molecule is CO[C@H]1[C@@H](n2cnc3c(N)ncnc32)O[C@](C)(COP(O)(=S)O[C@@H]2[C@H](F)[C@@H](CO)O[C@H]2n2cnc3c(=O)[nH]c(N)nc32)[C@H]1O. The number of alkyl halides is 1. The highest BCUT2D eigenvalue weighted by atomic mass is 32.5. The van der Waals surface area contributed by atoms with Crippen LogP contribution in [0.15, 0.2) is 23.8 Å². The molecule has 8 N–H and O–H groups in total. The zero-order valence-corrected chi connectivity index (χ0v) is 24.7. The lowest BCUT2D eigenvalue weighted by molar-refractivity contribution is -0.114. The summed E-state index contributed by atoms with van der Waals surface area (Å²) in [6.07, 6.45) is -5.89. The lowest BCUT2D eigenvalue weighted by Gasteiger charge is -2.30. The van der Waals surface area contributed by atoms with Crippen LogP contribution in [0.2, 0.25) is 0 Å². The number of nitrogen functional groups attached to an aromatic ring is 2. The number of rotatable bonds is 9. The summed E-state index contributed by atoms with van der Waals surface area (Å²) >= 11 is 5.20. The van der Waals surface area contributed by atoms with Crippen molar-refractivity contribution in [3.8, 4) is 0 Å². The Morgan fingerprint density at radius 1 is 1.16 bits per heavy atom. The number of aromatic nitrogens is 8. The van der Waals surface area contributed by atoms with Crippen molar-refractivity contribution in [1.29, 1.82) is 0 Å². The summed E-state index contributed by atoms with van der Waals surface area (Å²) in [5.74, 6) is -0.0921. The van der Waals surface area contributed by atoms with E-state index in [0.29, 0.717) is 11.2 Å². The van der Waals surface area contributed by atoms with Crippen LogP contribution in [0.3, 0.4) is 0 Å². The molecule has 44 heavy (non-hydrogen) atoms. The third kappa shape index (κ3) is 5.13. The number of methoxy groups -OCH3 is 1. The molecule has 0 radical (unpaired) electrons. The van der Waals surface area contributed by atoms with Crippen LogP contribution in [0.5, 0.6) is 0 Å². The van der Waals surface area contributed by atoms with E-state index in [0.717, 1.165) is 6.33 Å². The first-order chi connectivity index (χ1) is 20.9. The molecule has 4 aromatic heterocycles. The van der Waals surface area contributed by atoms with E-state index < -0.39 is 74.1 Å². The van der Waals surface area contributed by atoms with Gasteiger partial charge < -0.3 is 45.3 Å². The van der Waals surface area contributed by atoms with Gasteiger partial charge in [0.25, 0.3) is 5.56 Å². The highest BCUT2D eigenvalue weighted by Gasteiger charge is 2.55. The Balaban J connectivity index is 1.23. The minimum atomic E-state index is -4.31. The fraction of sp³-hybridized carbons (Fsp3) is 0.545. The fourth-order valence-electron chi connectivity index (χ4n) is 5.25. The number of aromatic amines is 1. The van der Waals surface area contributed by atoms with Crippen LogP contribution in [-0.4, -0.2) is 111 Å². The van der Waals surface area contributed by atoms with Crippen LogP contribution in [0.4, 0.5) is 16.2 Å². The minimum Gasteiger partial charge on any atom is -0.394 e. The summed E-state index contributed by atoms with van der Waals surface area (Å²) in [6, 6.07) is 0. The predicted molar refractivity (Wildman–Crippen MR) is 151 cm³/mol. The smallest absolute Gasteiger partial charge is 0.325 e. The summed E-state index contributed by atoms with van der Waals surface area (Å²) in [5.41, 5.74) is 9.82. The van der Waals surface area contributed by atoms with Gasteiger partial charge in [0.2, 0.25) is 5.95 Å². The first-order valence-electron chi connectivity index (χ1n) is 13.0. The van der Waals surface area contributed by atoms with Crippen LogP contribution >= 0.6 is 6.72 Å². The van der Waals surface area contributed by atoms with Gasteiger partial charge in [0.1, 0.15) is 41.9 Å². The Morgan fingerprint density at radius 2 is 1.86 bits per heavy atom. The maximum atomic E-state index is 15.5. The van der Waals surface area contributed by atoms with Crippen LogP contribution in [0.1, 0.15) is 19.4 Å². The number of ether oxygens (including phenoxy) is 3. The molecule has 6 rings (SSSR count). The molecule has 0 aliphatic carbocycles. The number of anilines is 2. The van der Waals surface area contributed by atoms with Gasteiger partial charge in [-0.1, -0.05) is 0 Å². The molecule has 0 spiro atoms. The number of aliphatic hydroxyl groups is 2. The number of fused-ring (bicyclic) bond motifs is 2. The van der Waals surface area contributed by atoms with Crippen LogP contribution in [0, 0.1) is 0 Å². The number of hydrogen-bond donors (Lipinski definition) is 6. The number of nitrogens with zero attached hydrogens (tertiary/aromatic N) is 7. The molecular weight excluding hydrogens is 630 g/mol. The van der Waals surface area contributed by atoms with E-state index in [2.05, 4.69) is 29.9 Å². The largest absolute Gasteiger partial charge is 0.394 e. The van der Waals surface area contributed by atoms with E-state index >= 15 is 4.39 Å². The quantitative estimate of drug-likeness (QED) is 0.113. The van der Waals surface area contributed by atoms with Crippen molar-refractivity contribution in [3.05, 3.63) is 29.3 Å². The topological polar surface area (TPSA) is 266 Å². The highest BCUT2D eigenvalue weighted by Crippen LogP contribution is 2.52. The van der Waals surface area contributed by atoms with E-state index in [9.17, 15) is 19.9 Å². The molecule has 2 saturated heterocycles. The van der Waals surface area contributed by atoms with Crippen molar-refractivity contribution < 1.29 is 42.8 Å². The van der Waals surface area contributed by atoms with E-state index in [-0.39, 0.29) is 22.9 Å². The third-order valence-electron chi connectivity index (χ3n) is 7.48. The average Bonchev–Trinajstić information content (AvgIpc) is 3.72. The maximum Gasteiger partial charge on any atom is 0.325 e. The van der Waals surface area contributed by atoms with Gasteiger partial charge in [-0.25, -0.2) is 24.3 Å². The molecule has 0 aromatic carbocycles. The van der Waals surface area contributed by atoms with Crippen LogP contribution < -0.4 is 17.0 Å². The second kappa shape index (κ2) is 11.3. The van der Waals surface area contributed by atoms with E-state index in [1.165, 1.54) is 35.8 Å². The number of nitrogens with one attached hydrogen (secondary N) is 1. The minimum absolute atomic E-state index is 0.0616. The Hall–Kier alpha value is -3.24. The molecule has 0 saturated carbocycles. The summed E-state index contributed by atoms with van der Waals surface area (Å²) in [7, 11) is 1.37. The zero-order chi connectivity index (χ0) is 31.6. The number of aliphatic hydroxyl groups excluding tert-OH is 2. The summed E-state index contributed by atoms with van der Waals surface area (Å²) in [6.45, 7) is -4.09. The molecule has 1 unspecified atom stereocenters. The first kappa shape index (κ1) is 30.8. The lowest BCUT2D eigenvalue weighted by Crippen LogP contribution is -2.44. The van der Waals surface area contributed by atoms with Crippen molar-refractivity contribution in [3.63, 3.8) is 0 Å². The van der Waals surface area contributed by atoms with Crippen molar-refractivity contribution in [2.75, 3.05) is 31.8 Å². The van der Waals surface area contributed by atoms with E-state index in [1.54, 1.807) is 0 Å². The second-order valence-electron chi connectivity index (χ2n) is 10.3. The standard InChI is InChI=1S/C22H28FN10O9PS/c1-22(14(35)13(38-2)20(41-22)32-6-28-10-15(24)26-5-27-16(10)32)4-39-43(37,44)42-12-9(23)8(3-34)40-19(12)33-7-29-11-17(33)30-21(25)31-18(11)36/h5-9,12-14,19-20,34-35H,3-4H2,1-2H3,(H,37,44)(H2,24,26,27)(H3,25,30,31,36)/t8-,9-,12-,13-,14+,19-,20+,22-,43?/m1/s1. The van der Waals surface area contributed by atoms with Crippen LogP contribution in [-0.2, 0) is 35.1 Å². The average molecular weight is 659 g/mol. The Morgan fingerprint density at radius 3 is 2.57 bits per heavy atom. The van der Waals surface area contributed by atoms with Crippen molar-refractivity contribution in [1.82, 2.24) is 39.0 Å². The van der Waals surface area contributed by atoms with Gasteiger partial charge in [0.05, 0.1) is 25.9 Å². The highest BCUT2D eigenvalue weighted by molar-refractivity contribution is 8.07. The van der Waals surface area contributed by atoms with Gasteiger partial charge in [-0.3, -0.25) is 23.4 Å². The molecule has 19 nitrogen and oxygen atoms in total. The molecule has 6 heterocycles. The van der Waals surface area contributed by atoms with Gasteiger partial charge >= 0.3 is 6.72 Å². The van der Waals surface area contributed by atoms with Gasteiger partial charge in [0.15, 0.2) is 41.3 Å². The normalized spacial score (nSPS) is 32.1. The predicted octanol–water partition coefficient (Wildman–Crippen LogP) is -1.37. The molecular formula is C22H28FN10O9PS. The third-order valence-corrected chi connectivity index (χ3v) is 9.02. The summed E-state index contributed by atoms with van der Waals surface area (Å²) in [5, 5.41) is 20.9. The van der Waals surface area contributed by atoms with Gasteiger partial charge in [-0.15, -0.1) is 0 Å². The molecule has 238 valence electrons. The van der Waals surface area contributed by atoms with Crippen LogP contribution in [0.25, 0.3) is 22.3 Å². The number of imidazole rings is 2. The number of halogens is 1. The Bertz CT molecular complexity index is 1810. The molecule has 0 amide bonds. The number of H-pyrrole nitrogens is 1. The molecule has 4 aromatic rings. The van der Waals surface area contributed by atoms with Crippen molar-refractivity contribution in [2.24, 2.45) is 0 Å². The second-order valence-corrected chi connectivity index (χ2v) is 13.1. The Kier molecular flexibility index (Phi) is 7.89. The van der Waals surface area contributed by atoms with Gasteiger partial charge in [-0.2, -0.15) is 4.98 Å².